The van der Waals surface area contributed by atoms with Gasteiger partial charge in [0.1, 0.15) is 5.75 Å². The number of hydrogen-bond acceptors (Lipinski definition) is 5. The molecule has 1 aliphatic heterocycles. The lowest BCUT2D eigenvalue weighted by molar-refractivity contribution is -0.384. The molecule has 0 radical (unpaired) electrons. The van der Waals surface area contributed by atoms with E-state index in [0.29, 0.717) is 11.4 Å². The van der Waals surface area contributed by atoms with Crippen molar-refractivity contribution in [2.75, 3.05) is 38.2 Å². The number of rotatable bonds is 3. The number of nitrogens with zero attached hydrogens (tertiary/aromatic N) is 2. The van der Waals surface area contributed by atoms with Crippen LogP contribution in [0.15, 0.2) is 18.2 Å². The third-order valence-electron chi connectivity index (χ3n) is 3.05. The van der Waals surface area contributed by atoms with Gasteiger partial charge in [-0.25, -0.2) is 0 Å². The van der Waals surface area contributed by atoms with Crippen LogP contribution in [-0.4, -0.2) is 38.2 Å². The lowest BCUT2D eigenvalue weighted by Gasteiger charge is -2.23. The van der Waals surface area contributed by atoms with Crippen LogP contribution in [0.25, 0.3) is 0 Å². The minimum atomic E-state index is -0.351. The number of nitro benzene ring substituents is 1. The molecule has 0 spiro atoms. The fourth-order valence-electron chi connectivity index (χ4n) is 2.21. The van der Waals surface area contributed by atoms with Gasteiger partial charge < -0.3 is 15.0 Å². The fourth-order valence-corrected chi connectivity index (χ4v) is 2.21. The summed E-state index contributed by atoms with van der Waals surface area (Å²) in [5, 5.41) is 14.4. The topological polar surface area (TPSA) is 67.6 Å². The smallest absolute Gasteiger partial charge is 0.296 e. The van der Waals surface area contributed by atoms with Crippen LogP contribution in [0.4, 0.5) is 11.4 Å². The van der Waals surface area contributed by atoms with Crippen molar-refractivity contribution in [3.05, 3.63) is 28.3 Å². The molecular formula is C12H17N3O3. The van der Waals surface area contributed by atoms with Gasteiger partial charge in [-0.2, -0.15) is 0 Å². The molecule has 1 aromatic carbocycles. The molecule has 0 atom stereocenters. The Morgan fingerprint density at radius 1 is 1.39 bits per heavy atom. The number of nitro groups is 1. The van der Waals surface area contributed by atoms with Gasteiger partial charge in [-0.15, -0.1) is 0 Å². The average Bonchev–Trinajstić information content (AvgIpc) is 2.66. The van der Waals surface area contributed by atoms with E-state index in [1.807, 2.05) is 4.90 Å². The molecule has 1 aromatic rings. The zero-order valence-electron chi connectivity index (χ0n) is 10.4. The van der Waals surface area contributed by atoms with E-state index in [9.17, 15) is 10.1 Å². The molecule has 6 nitrogen and oxygen atoms in total. The van der Waals surface area contributed by atoms with Crippen molar-refractivity contribution >= 4 is 11.4 Å². The molecular weight excluding hydrogens is 234 g/mol. The first kappa shape index (κ1) is 12.6. The summed E-state index contributed by atoms with van der Waals surface area (Å²) in [5.74, 6) is 0.561. The number of anilines is 1. The van der Waals surface area contributed by atoms with Gasteiger partial charge >= 0.3 is 0 Å². The molecule has 0 aliphatic carbocycles. The highest BCUT2D eigenvalue weighted by Crippen LogP contribution is 2.37. The van der Waals surface area contributed by atoms with Gasteiger partial charge in [0.05, 0.1) is 12.0 Å². The second kappa shape index (κ2) is 5.68. The molecule has 98 valence electrons. The third-order valence-corrected chi connectivity index (χ3v) is 3.05. The maximum Gasteiger partial charge on any atom is 0.296 e. The second-order valence-corrected chi connectivity index (χ2v) is 4.18. The van der Waals surface area contributed by atoms with Crippen LogP contribution in [0.2, 0.25) is 0 Å². The summed E-state index contributed by atoms with van der Waals surface area (Å²) in [4.78, 5) is 12.8. The molecule has 0 aromatic heterocycles. The van der Waals surface area contributed by atoms with Crippen LogP contribution in [0, 0.1) is 10.1 Å². The Morgan fingerprint density at radius 2 is 2.22 bits per heavy atom. The Kier molecular flexibility index (Phi) is 3.99. The van der Waals surface area contributed by atoms with Gasteiger partial charge in [0.25, 0.3) is 5.69 Å². The molecule has 2 rings (SSSR count). The van der Waals surface area contributed by atoms with Gasteiger partial charge in [0, 0.05) is 25.7 Å². The summed E-state index contributed by atoms with van der Waals surface area (Å²) in [5.41, 5.74) is 0.699. The molecule has 0 saturated carbocycles. The number of benzene rings is 1. The van der Waals surface area contributed by atoms with E-state index in [4.69, 9.17) is 4.74 Å². The van der Waals surface area contributed by atoms with Crippen LogP contribution in [-0.2, 0) is 0 Å². The van der Waals surface area contributed by atoms with Gasteiger partial charge in [-0.05, 0) is 19.0 Å². The SMILES string of the molecule is COc1cccc([N+](=O)[O-])c1N1CCCNCC1. The summed E-state index contributed by atoms with van der Waals surface area (Å²) in [6.45, 7) is 3.32. The van der Waals surface area contributed by atoms with Crippen LogP contribution in [0.1, 0.15) is 6.42 Å². The van der Waals surface area contributed by atoms with Crippen molar-refractivity contribution in [1.82, 2.24) is 5.32 Å². The summed E-state index contributed by atoms with van der Waals surface area (Å²) >= 11 is 0. The van der Waals surface area contributed by atoms with Crippen molar-refractivity contribution in [1.29, 1.82) is 0 Å². The molecule has 1 saturated heterocycles. The zero-order valence-corrected chi connectivity index (χ0v) is 10.4. The van der Waals surface area contributed by atoms with Crippen molar-refractivity contribution < 1.29 is 9.66 Å². The number of methoxy groups -OCH3 is 1. The van der Waals surface area contributed by atoms with Crippen molar-refractivity contribution in [3.63, 3.8) is 0 Å². The molecule has 0 unspecified atom stereocenters. The van der Waals surface area contributed by atoms with Crippen LogP contribution >= 0.6 is 0 Å². The van der Waals surface area contributed by atoms with E-state index >= 15 is 0 Å². The van der Waals surface area contributed by atoms with Crippen molar-refractivity contribution in [3.8, 4) is 5.75 Å². The lowest BCUT2D eigenvalue weighted by atomic mass is 10.2. The first-order valence-electron chi connectivity index (χ1n) is 6.01. The molecule has 0 bridgehead atoms. The summed E-state index contributed by atoms with van der Waals surface area (Å²) in [7, 11) is 1.54. The van der Waals surface area contributed by atoms with Gasteiger partial charge in [-0.1, -0.05) is 6.07 Å². The van der Waals surface area contributed by atoms with E-state index < -0.39 is 0 Å². The molecule has 1 fully saturated rings. The monoisotopic (exact) mass is 251 g/mol. The number of hydrogen-bond donors (Lipinski definition) is 1. The highest BCUT2D eigenvalue weighted by atomic mass is 16.6. The largest absolute Gasteiger partial charge is 0.494 e. The molecule has 1 heterocycles. The first-order valence-corrected chi connectivity index (χ1v) is 6.01. The Bertz CT molecular complexity index is 429. The van der Waals surface area contributed by atoms with E-state index in [-0.39, 0.29) is 10.6 Å². The summed E-state index contributed by atoms with van der Waals surface area (Å²) in [6.07, 6.45) is 0.967. The van der Waals surface area contributed by atoms with Gasteiger partial charge in [0.15, 0.2) is 5.69 Å². The predicted octanol–water partition coefficient (Wildman–Crippen LogP) is 1.40. The maximum absolute atomic E-state index is 11.1. The highest BCUT2D eigenvalue weighted by Gasteiger charge is 2.24. The molecule has 0 amide bonds. The standard InChI is InChI=1S/C12H17N3O3/c1-18-11-5-2-4-10(15(16)17)12(11)14-8-3-6-13-7-9-14/h2,4-5,13H,3,6-9H2,1H3. The van der Waals surface area contributed by atoms with E-state index in [1.165, 1.54) is 6.07 Å². The van der Waals surface area contributed by atoms with Crippen molar-refractivity contribution in [2.24, 2.45) is 0 Å². The maximum atomic E-state index is 11.1. The predicted molar refractivity (Wildman–Crippen MR) is 69.3 cm³/mol. The minimum absolute atomic E-state index is 0.108. The summed E-state index contributed by atoms with van der Waals surface area (Å²) < 4.78 is 5.26. The van der Waals surface area contributed by atoms with E-state index in [2.05, 4.69) is 5.32 Å². The van der Waals surface area contributed by atoms with E-state index in [0.717, 1.165) is 32.6 Å². The zero-order chi connectivity index (χ0) is 13.0. The number of para-hydroxylation sites is 1. The molecule has 1 N–H and O–H groups in total. The Morgan fingerprint density at radius 3 is 2.94 bits per heavy atom. The van der Waals surface area contributed by atoms with Crippen LogP contribution in [0.5, 0.6) is 5.75 Å². The highest BCUT2D eigenvalue weighted by molar-refractivity contribution is 5.71. The molecule has 6 heteroatoms. The Labute approximate surface area is 106 Å². The number of nitrogens with one attached hydrogen (secondary N) is 1. The molecule has 1 aliphatic rings. The first-order chi connectivity index (χ1) is 8.74. The average molecular weight is 251 g/mol. The Hall–Kier alpha value is -1.82. The quantitative estimate of drug-likeness (QED) is 0.649. The van der Waals surface area contributed by atoms with E-state index in [1.54, 1.807) is 19.2 Å². The lowest BCUT2D eigenvalue weighted by Crippen LogP contribution is -2.28. The van der Waals surface area contributed by atoms with Crippen LogP contribution < -0.4 is 15.0 Å². The second-order valence-electron chi connectivity index (χ2n) is 4.18. The van der Waals surface area contributed by atoms with Gasteiger partial charge in [-0.3, -0.25) is 10.1 Å². The van der Waals surface area contributed by atoms with Crippen LogP contribution in [0.3, 0.4) is 0 Å². The van der Waals surface area contributed by atoms with Crippen molar-refractivity contribution in [2.45, 2.75) is 6.42 Å². The fraction of sp³-hybridized carbons (Fsp3) is 0.500. The minimum Gasteiger partial charge on any atom is -0.494 e. The number of ether oxygens (including phenoxy) is 1. The van der Waals surface area contributed by atoms with Gasteiger partial charge in [0.2, 0.25) is 0 Å². The third kappa shape index (κ3) is 2.53. The summed E-state index contributed by atoms with van der Waals surface area (Å²) in [6, 6.07) is 4.94. The Balaban J connectivity index is 2.41. The normalized spacial score (nSPS) is 16.2. The molecule has 18 heavy (non-hydrogen) atoms.